The quantitative estimate of drug-likeness (QED) is 0.717. The molecule has 0 aliphatic carbocycles. The van der Waals surface area contributed by atoms with Gasteiger partial charge in [-0.25, -0.2) is 0 Å². The number of aliphatic hydroxyl groups is 1. The highest BCUT2D eigenvalue weighted by Gasteiger charge is 2.17. The van der Waals surface area contributed by atoms with E-state index in [-0.39, 0.29) is 13.4 Å². The van der Waals surface area contributed by atoms with Crippen LogP contribution in [0.3, 0.4) is 0 Å². The molecule has 0 radical (unpaired) electrons. The zero-order chi connectivity index (χ0) is 12.8. The standard InChI is InChI=1S/C13H19NO4/c1-2-14-8-10-6-12-13(18-9-17-12)7-11(10)16-5-3-4-15/h6-7,14-15H,2-5,8-9H2,1H3. The molecule has 1 aromatic rings. The van der Waals surface area contributed by atoms with Crippen LogP contribution in [0.2, 0.25) is 0 Å². The lowest BCUT2D eigenvalue weighted by atomic mass is 10.1. The predicted molar refractivity (Wildman–Crippen MR) is 67.1 cm³/mol. The van der Waals surface area contributed by atoms with Crippen LogP contribution < -0.4 is 19.5 Å². The highest BCUT2D eigenvalue weighted by Crippen LogP contribution is 2.38. The van der Waals surface area contributed by atoms with E-state index >= 15 is 0 Å². The second-order valence-corrected chi connectivity index (χ2v) is 4.02. The Hall–Kier alpha value is -1.46. The third-order valence-electron chi connectivity index (χ3n) is 2.68. The number of fused-ring (bicyclic) bond motifs is 1. The molecule has 0 fully saturated rings. The fourth-order valence-corrected chi connectivity index (χ4v) is 1.74. The minimum atomic E-state index is 0.132. The first kappa shape index (κ1) is 13.0. The largest absolute Gasteiger partial charge is 0.493 e. The Morgan fingerprint density at radius 1 is 1.33 bits per heavy atom. The van der Waals surface area contributed by atoms with E-state index in [1.54, 1.807) is 0 Å². The number of nitrogens with one attached hydrogen (secondary N) is 1. The van der Waals surface area contributed by atoms with Crippen molar-refractivity contribution in [1.82, 2.24) is 5.32 Å². The van der Waals surface area contributed by atoms with Gasteiger partial charge in [0, 0.05) is 31.2 Å². The van der Waals surface area contributed by atoms with E-state index in [1.165, 1.54) is 0 Å². The highest BCUT2D eigenvalue weighted by molar-refractivity contribution is 5.51. The van der Waals surface area contributed by atoms with Crippen molar-refractivity contribution in [2.45, 2.75) is 19.9 Å². The van der Waals surface area contributed by atoms with Gasteiger partial charge in [0.1, 0.15) is 5.75 Å². The zero-order valence-corrected chi connectivity index (χ0v) is 10.6. The van der Waals surface area contributed by atoms with Gasteiger partial charge >= 0.3 is 0 Å². The lowest BCUT2D eigenvalue weighted by Gasteiger charge is -2.12. The van der Waals surface area contributed by atoms with Gasteiger partial charge in [0.15, 0.2) is 11.5 Å². The van der Waals surface area contributed by atoms with Gasteiger partial charge in [-0.05, 0) is 12.6 Å². The van der Waals surface area contributed by atoms with Gasteiger partial charge in [-0.3, -0.25) is 0 Å². The maximum Gasteiger partial charge on any atom is 0.231 e. The van der Waals surface area contributed by atoms with E-state index in [0.717, 1.165) is 30.2 Å². The van der Waals surface area contributed by atoms with Gasteiger partial charge in [0.2, 0.25) is 6.79 Å². The molecule has 0 aromatic heterocycles. The lowest BCUT2D eigenvalue weighted by molar-refractivity contribution is 0.173. The van der Waals surface area contributed by atoms with Crippen molar-refractivity contribution >= 4 is 0 Å². The molecule has 0 saturated carbocycles. The van der Waals surface area contributed by atoms with Gasteiger partial charge in [0.25, 0.3) is 0 Å². The number of rotatable bonds is 7. The molecule has 1 aromatic carbocycles. The van der Waals surface area contributed by atoms with E-state index in [4.69, 9.17) is 19.3 Å². The van der Waals surface area contributed by atoms with Crippen molar-refractivity contribution in [3.8, 4) is 17.2 Å². The molecule has 2 rings (SSSR count). The zero-order valence-electron chi connectivity index (χ0n) is 10.6. The van der Waals surface area contributed by atoms with Crippen LogP contribution in [0.1, 0.15) is 18.9 Å². The Balaban J connectivity index is 2.12. The van der Waals surface area contributed by atoms with Crippen molar-refractivity contribution in [1.29, 1.82) is 0 Å². The lowest BCUT2D eigenvalue weighted by Crippen LogP contribution is -2.13. The van der Waals surface area contributed by atoms with Crippen LogP contribution in [0.25, 0.3) is 0 Å². The molecule has 18 heavy (non-hydrogen) atoms. The molecule has 2 N–H and O–H groups in total. The van der Waals surface area contributed by atoms with Crippen molar-refractivity contribution < 1.29 is 19.3 Å². The van der Waals surface area contributed by atoms with Gasteiger partial charge < -0.3 is 24.6 Å². The Morgan fingerprint density at radius 3 is 2.83 bits per heavy atom. The molecule has 0 unspecified atom stereocenters. The minimum absolute atomic E-state index is 0.132. The Labute approximate surface area is 107 Å². The molecule has 1 aliphatic rings. The van der Waals surface area contributed by atoms with Gasteiger partial charge in [-0.2, -0.15) is 0 Å². The Kier molecular flexibility index (Phi) is 4.66. The van der Waals surface area contributed by atoms with Crippen molar-refractivity contribution in [2.24, 2.45) is 0 Å². The fraction of sp³-hybridized carbons (Fsp3) is 0.538. The van der Waals surface area contributed by atoms with E-state index in [1.807, 2.05) is 12.1 Å². The van der Waals surface area contributed by atoms with E-state index < -0.39 is 0 Å². The van der Waals surface area contributed by atoms with Gasteiger partial charge in [0.05, 0.1) is 6.61 Å². The summed E-state index contributed by atoms with van der Waals surface area (Å²) in [5.41, 5.74) is 1.04. The fourth-order valence-electron chi connectivity index (χ4n) is 1.74. The molecule has 0 amide bonds. The van der Waals surface area contributed by atoms with E-state index in [9.17, 15) is 0 Å². The number of hydrogen-bond donors (Lipinski definition) is 2. The number of hydrogen-bond acceptors (Lipinski definition) is 5. The topological polar surface area (TPSA) is 60.0 Å². The molecule has 0 bridgehead atoms. The van der Waals surface area contributed by atoms with Gasteiger partial charge in [-0.1, -0.05) is 6.92 Å². The summed E-state index contributed by atoms with van der Waals surface area (Å²) in [5.74, 6) is 2.26. The van der Waals surface area contributed by atoms with Crippen LogP contribution >= 0.6 is 0 Å². The number of aliphatic hydroxyl groups excluding tert-OH is 1. The molecular formula is C13H19NO4. The first-order valence-corrected chi connectivity index (χ1v) is 6.22. The number of benzene rings is 1. The smallest absolute Gasteiger partial charge is 0.231 e. The maximum atomic E-state index is 8.77. The predicted octanol–water partition coefficient (Wildman–Crippen LogP) is 1.29. The van der Waals surface area contributed by atoms with Crippen molar-refractivity contribution in [3.63, 3.8) is 0 Å². The SMILES string of the molecule is CCNCc1cc2c(cc1OCCCO)OCO2. The van der Waals surface area contributed by atoms with E-state index in [2.05, 4.69) is 12.2 Å². The molecule has 5 heteroatoms. The minimum Gasteiger partial charge on any atom is -0.493 e. The van der Waals surface area contributed by atoms with Crippen LogP contribution in [0, 0.1) is 0 Å². The molecule has 100 valence electrons. The third kappa shape index (κ3) is 3.05. The summed E-state index contributed by atoms with van der Waals surface area (Å²) in [7, 11) is 0. The molecule has 1 aliphatic heterocycles. The van der Waals surface area contributed by atoms with Crippen LogP contribution in [-0.2, 0) is 6.54 Å². The second-order valence-electron chi connectivity index (χ2n) is 4.02. The Bertz CT molecular complexity index is 395. The molecule has 1 heterocycles. The number of ether oxygens (including phenoxy) is 3. The second kappa shape index (κ2) is 6.47. The Morgan fingerprint density at radius 2 is 2.11 bits per heavy atom. The first-order chi connectivity index (χ1) is 8.85. The highest BCUT2D eigenvalue weighted by atomic mass is 16.7. The van der Waals surface area contributed by atoms with Gasteiger partial charge in [-0.15, -0.1) is 0 Å². The molecule has 0 saturated heterocycles. The summed E-state index contributed by atoms with van der Waals surface area (Å²) in [6.07, 6.45) is 0.620. The monoisotopic (exact) mass is 253 g/mol. The molecular weight excluding hydrogens is 234 g/mol. The molecule has 0 spiro atoms. The van der Waals surface area contributed by atoms with Crippen LogP contribution in [0.5, 0.6) is 17.2 Å². The van der Waals surface area contributed by atoms with Crippen LogP contribution in [0.15, 0.2) is 12.1 Å². The van der Waals surface area contributed by atoms with Crippen LogP contribution in [0.4, 0.5) is 0 Å². The maximum absolute atomic E-state index is 8.77. The van der Waals surface area contributed by atoms with Crippen LogP contribution in [-0.4, -0.2) is 31.7 Å². The van der Waals surface area contributed by atoms with Crippen molar-refractivity contribution in [2.75, 3.05) is 26.6 Å². The normalized spacial score (nSPS) is 12.8. The summed E-state index contributed by atoms with van der Waals surface area (Å²) < 4.78 is 16.4. The summed E-state index contributed by atoms with van der Waals surface area (Å²) in [5, 5.41) is 12.0. The summed E-state index contributed by atoms with van der Waals surface area (Å²) >= 11 is 0. The van der Waals surface area contributed by atoms with E-state index in [0.29, 0.717) is 18.8 Å². The summed E-state index contributed by atoms with van der Waals surface area (Å²) in [6, 6.07) is 3.80. The average Bonchev–Trinajstić information content (AvgIpc) is 2.83. The third-order valence-corrected chi connectivity index (χ3v) is 2.68. The first-order valence-electron chi connectivity index (χ1n) is 6.22. The molecule has 5 nitrogen and oxygen atoms in total. The summed E-state index contributed by atoms with van der Waals surface area (Å²) in [6.45, 7) is 4.56. The molecule has 0 atom stereocenters. The van der Waals surface area contributed by atoms with Crippen molar-refractivity contribution in [3.05, 3.63) is 17.7 Å². The summed E-state index contributed by atoms with van der Waals surface area (Å²) in [4.78, 5) is 0. The average molecular weight is 253 g/mol.